The number of carbonyl (C=O) groups excluding carboxylic acids is 3. The van der Waals surface area contributed by atoms with Gasteiger partial charge in [-0.2, -0.15) is 5.10 Å². The van der Waals surface area contributed by atoms with Crippen molar-refractivity contribution in [3.63, 3.8) is 0 Å². The maximum Gasteiger partial charge on any atom is 0.329 e. The molecular weight excluding hydrogens is 427 g/mol. The van der Waals surface area contributed by atoms with Crippen LogP contribution in [0.25, 0.3) is 0 Å². The Kier molecular flexibility index (Phi) is 7.85. The van der Waals surface area contributed by atoms with Crippen LogP contribution >= 0.6 is 0 Å². The predicted octanol–water partition coefficient (Wildman–Crippen LogP) is 3.24. The van der Waals surface area contributed by atoms with Crippen LogP contribution in [0.1, 0.15) is 11.1 Å². The van der Waals surface area contributed by atoms with Gasteiger partial charge in [-0.05, 0) is 61.0 Å². The molecule has 0 heterocycles. The Morgan fingerprint density at radius 1 is 0.909 bits per heavy atom. The van der Waals surface area contributed by atoms with Crippen LogP contribution in [-0.4, -0.2) is 30.5 Å². The Morgan fingerprint density at radius 2 is 1.61 bits per heavy atom. The number of benzene rings is 3. The number of para-hydroxylation sites is 1. The van der Waals surface area contributed by atoms with Gasteiger partial charge < -0.3 is 15.4 Å². The third-order valence-corrected chi connectivity index (χ3v) is 4.29. The fourth-order valence-corrected chi connectivity index (χ4v) is 2.59. The highest BCUT2D eigenvalue weighted by molar-refractivity contribution is 6.39. The molecule has 9 heteroatoms. The average Bonchev–Trinajstić information content (AvgIpc) is 2.81. The van der Waals surface area contributed by atoms with E-state index in [-0.39, 0.29) is 18.2 Å². The highest BCUT2D eigenvalue weighted by Gasteiger charge is 2.14. The number of halogens is 1. The predicted molar refractivity (Wildman–Crippen MR) is 123 cm³/mol. The first-order chi connectivity index (χ1) is 15.9. The molecule has 8 nitrogen and oxygen atoms in total. The van der Waals surface area contributed by atoms with Crippen LogP contribution in [-0.2, 0) is 14.4 Å². The molecule has 0 aliphatic rings. The molecule has 33 heavy (non-hydrogen) atoms. The Balaban J connectivity index is 1.43. The molecule has 0 radical (unpaired) electrons. The monoisotopic (exact) mass is 448 g/mol. The van der Waals surface area contributed by atoms with E-state index >= 15 is 0 Å². The van der Waals surface area contributed by atoms with Crippen molar-refractivity contribution >= 4 is 35.3 Å². The van der Waals surface area contributed by atoms with Crippen LogP contribution < -0.4 is 20.8 Å². The van der Waals surface area contributed by atoms with Crippen LogP contribution in [0, 0.1) is 12.7 Å². The molecule has 0 aliphatic heterocycles. The minimum absolute atomic E-state index is 0.107. The standard InChI is InChI=1S/C24H21FN4O4/c1-16-6-10-18(11-7-16)27-22(30)15-33-19-12-8-17(9-13-19)14-26-29-24(32)23(31)28-21-5-3-2-4-20(21)25/h2-14H,15H2,1H3,(H,27,30)(H,28,31)(H,29,32)/b26-14-. The van der Waals surface area contributed by atoms with Crippen LogP contribution in [0.15, 0.2) is 77.9 Å². The summed E-state index contributed by atoms with van der Waals surface area (Å²) >= 11 is 0. The first-order valence-corrected chi connectivity index (χ1v) is 9.89. The lowest BCUT2D eigenvalue weighted by Crippen LogP contribution is -2.32. The molecular formula is C24H21FN4O4. The van der Waals surface area contributed by atoms with Gasteiger partial charge in [0.05, 0.1) is 11.9 Å². The van der Waals surface area contributed by atoms with Gasteiger partial charge in [-0.15, -0.1) is 0 Å². The summed E-state index contributed by atoms with van der Waals surface area (Å²) in [5.74, 6) is -2.57. The number of nitrogens with one attached hydrogen (secondary N) is 3. The second-order valence-corrected chi connectivity index (χ2v) is 6.91. The Bertz CT molecular complexity index is 1160. The summed E-state index contributed by atoms with van der Waals surface area (Å²) < 4.78 is 19.0. The minimum Gasteiger partial charge on any atom is -0.484 e. The normalized spacial score (nSPS) is 10.5. The van der Waals surface area contributed by atoms with Crippen molar-refractivity contribution in [3.8, 4) is 5.75 Å². The summed E-state index contributed by atoms with van der Waals surface area (Å²) in [6.45, 7) is 1.80. The summed E-state index contributed by atoms with van der Waals surface area (Å²) in [4.78, 5) is 35.6. The third kappa shape index (κ3) is 7.28. The molecule has 0 unspecified atom stereocenters. The summed E-state index contributed by atoms with van der Waals surface area (Å²) in [5, 5.41) is 8.60. The van der Waals surface area contributed by atoms with Gasteiger partial charge in [0.1, 0.15) is 11.6 Å². The zero-order valence-corrected chi connectivity index (χ0v) is 17.7. The summed E-state index contributed by atoms with van der Waals surface area (Å²) in [6.07, 6.45) is 1.32. The summed E-state index contributed by atoms with van der Waals surface area (Å²) in [6, 6.07) is 19.5. The highest BCUT2D eigenvalue weighted by atomic mass is 19.1. The number of aryl methyl sites for hydroxylation is 1. The lowest BCUT2D eigenvalue weighted by molar-refractivity contribution is -0.136. The van der Waals surface area contributed by atoms with Gasteiger partial charge in [-0.1, -0.05) is 29.8 Å². The molecule has 3 N–H and O–H groups in total. The van der Waals surface area contributed by atoms with Crippen molar-refractivity contribution in [2.45, 2.75) is 6.92 Å². The van der Waals surface area contributed by atoms with E-state index in [1.807, 2.05) is 31.2 Å². The van der Waals surface area contributed by atoms with Crippen molar-refractivity contribution in [2.75, 3.05) is 17.2 Å². The number of hydrogen-bond donors (Lipinski definition) is 3. The smallest absolute Gasteiger partial charge is 0.329 e. The van der Waals surface area contributed by atoms with Crippen molar-refractivity contribution < 1.29 is 23.5 Å². The fraction of sp³-hybridized carbons (Fsp3) is 0.0833. The highest BCUT2D eigenvalue weighted by Crippen LogP contribution is 2.13. The van der Waals surface area contributed by atoms with Gasteiger partial charge in [0.25, 0.3) is 5.91 Å². The number of hydrogen-bond acceptors (Lipinski definition) is 5. The van der Waals surface area contributed by atoms with Gasteiger partial charge in [-0.25, -0.2) is 9.82 Å². The summed E-state index contributed by atoms with van der Waals surface area (Å²) in [5.41, 5.74) is 4.35. The molecule has 3 rings (SSSR count). The molecule has 3 aromatic carbocycles. The minimum atomic E-state index is -1.05. The van der Waals surface area contributed by atoms with E-state index in [1.165, 1.54) is 24.4 Å². The molecule has 0 saturated heterocycles. The lowest BCUT2D eigenvalue weighted by Gasteiger charge is -2.08. The van der Waals surface area contributed by atoms with E-state index in [0.717, 1.165) is 11.6 Å². The van der Waals surface area contributed by atoms with Crippen molar-refractivity contribution in [3.05, 3.63) is 89.7 Å². The maximum atomic E-state index is 13.5. The molecule has 0 atom stereocenters. The zero-order valence-electron chi connectivity index (χ0n) is 17.7. The third-order valence-electron chi connectivity index (χ3n) is 4.29. The molecule has 0 fully saturated rings. The quantitative estimate of drug-likeness (QED) is 0.293. The second-order valence-electron chi connectivity index (χ2n) is 6.91. The second kappa shape index (κ2) is 11.2. The van der Waals surface area contributed by atoms with Gasteiger partial charge in [0.2, 0.25) is 0 Å². The number of ether oxygens (including phenoxy) is 1. The van der Waals surface area contributed by atoms with E-state index in [2.05, 4.69) is 21.2 Å². The largest absolute Gasteiger partial charge is 0.484 e. The Labute approximate surface area is 189 Å². The van der Waals surface area contributed by atoms with E-state index in [1.54, 1.807) is 24.3 Å². The van der Waals surface area contributed by atoms with E-state index in [9.17, 15) is 18.8 Å². The fourth-order valence-electron chi connectivity index (χ4n) is 2.59. The lowest BCUT2D eigenvalue weighted by atomic mass is 10.2. The van der Waals surface area contributed by atoms with Gasteiger partial charge in [-0.3, -0.25) is 14.4 Å². The topological polar surface area (TPSA) is 109 Å². The van der Waals surface area contributed by atoms with Crippen LogP contribution in [0.3, 0.4) is 0 Å². The van der Waals surface area contributed by atoms with Crippen molar-refractivity contribution in [1.82, 2.24) is 5.43 Å². The van der Waals surface area contributed by atoms with E-state index in [0.29, 0.717) is 17.0 Å². The average molecular weight is 448 g/mol. The SMILES string of the molecule is Cc1ccc(NC(=O)COc2ccc(/C=N\NC(=O)C(=O)Nc3ccccc3F)cc2)cc1. The number of anilines is 2. The molecule has 0 saturated carbocycles. The molecule has 0 aliphatic carbocycles. The van der Waals surface area contributed by atoms with Crippen LogP contribution in [0.2, 0.25) is 0 Å². The molecule has 0 aromatic heterocycles. The van der Waals surface area contributed by atoms with Gasteiger partial charge in [0, 0.05) is 5.69 Å². The van der Waals surface area contributed by atoms with Gasteiger partial charge >= 0.3 is 11.8 Å². The zero-order chi connectivity index (χ0) is 23.6. The molecule has 168 valence electrons. The molecule has 0 spiro atoms. The molecule has 3 amide bonds. The maximum absolute atomic E-state index is 13.5. The van der Waals surface area contributed by atoms with E-state index in [4.69, 9.17) is 4.74 Å². The number of amides is 3. The van der Waals surface area contributed by atoms with Crippen LogP contribution in [0.4, 0.5) is 15.8 Å². The van der Waals surface area contributed by atoms with Crippen LogP contribution in [0.5, 0.6) is 5.75 Å². The number of nitrogens with zero attached hydrogens (tertiary/aromatic N) is 1. The molecule has 0 bridgehead atoms. The number of rotatable bonds is 7. The number of carbonyl (C=O) groups is 3. The first kappa shape index (κ1) is 23.1. The Morgan fingerprint density at radius 3 is 2.30 bits per heavy atom. The van der Waals surface area contributed by atoms with Crippen molar-refractivity contribution in [2.24, 2.45) is 5.10 Å². The van der Waals surface area contributed by atoms with Crippen molar-refractivity contribution in [1.29, 1.82) is 0 Å². The first-order valence-electron chi connectivity index (χ1n) is 9.89. The molecule has 3 aromatic rings. The summed E-state index contributed by atoms with van der Waals surface area (Å²) in [7, 11) is 0. The van der Waals surface area contributed by atoms with E-state index < -0.39 is 17.6 Å². The van der Waals surface area contributed by atoms with Gasteiger partial charge in [0.15, 0.2) is 6.61 Å². The number of hydrazone groups is 1. The Hall–Kier alpha value is -4.53.